The zero-order chi connectivity index (χ0) is 15.2. The summed E-state index contributed by atoms with van der Waals surface area (Å²) in [6.07, 6.45) is 1.73. The number of nitrogens with one attached hydrogen (secondary N) is 2. The zero-order valence-electron chi connectivity index (χ0n) is 12.2. The maximum absolute atomic E-state index is 11.8. The van der Waals surface area contributed by atoms with Crippen molar-refractivity contribution >= 4 is 11.8 Å². The Hall–Kier alpha value is -2.34. The second kappa shape index (κ2) is 6.90. The third-order valence-corrected chi connectivity index (χ3v) is 3.08. The van der Waals surface area contributed by atoms with Crippen LogP contribution in [-0.4, -0.2) is 33.6 Å². The first-order valence-electron chi connectivity index (χ1n) is 6.91. The average molecular weight is 288 g/mol. The Bertz CT molecular complexity index is 607. The quantitative estimate of drug-likeness (QED) is 0.788. The summed E-state index contributed by atoms with van der Waals surface area (Å²) in [5.74, 6) is 0.596. The second-order valence-electron chi connectivity index (χ2n) is 4.93. The van der Waals surface area contributed by atoms with Crippen LogP contribution in [0.1, 0.15) is 18.9 Å². The van der Waals surface area contributed by atoms with Gasteiger partial charge in [0.1, 0.15) is 5.82 Å². The Labute approximate surface area is 123 Å². The van der Waals surface area contributed by atoms with E-state index in [1.165, 1.54) is 0 Å². The first-order chi connectivity index (χ1) is 10.1. The number of para-hydroxylation sites is 1. The van der Waals surface area contributed by atoms with Crippen LogP contribution in [0.15, 0.2) is 36.5 Å². The number of anilines is 1. The summed E-state index contributed by atoms with van der Waals surface area (Å²) >= 11 is 0. The van der Waals surface area contributed by atoms with Crippen molar-refractivity contribution in [1.82, 2.24) is 15.1 Å². The van der Waals surface area contributed by atoms with Crippen LogP contribution in [0.2, 0.25) is 0 Å². The molecular formula is C15H20N4O2. The van der Waals surface area contributed by atoms with Gasteiger partial charge in [-0.15, -0.1) is 0 Å². The smallest absolute Gasteiger partial charge is 0.320 e. The molecule has 0 radical (unpaired) electrons. The molecule has 2 aromatic rings. The number of aliphatic hydroxyl groups is 1. The zero-order valence-corrected chi connectivity index (χ0v) is 12.2. The Kier molecular flexibility index (Phi) is 4.94. The fraction of sp³-hybridized carbons (Fsp3) is 0.333. The Morgan fingerprint density at radius 1 is 1.38 bits per heavy atom. The van der Waals surface area contributed by atoms with Gasteiger partial charge in [0.05, 0.1) is 18.0 Å². The Morgan fingerprint density at radius 3 is 2.86 bits per heavy atom. The first kappa shape index (κ1) is 15.1. The second-order valence-corrected chi connectivity index (χ2v) is 4.93. The molecule has 1 aromatic heterocycles. The number of rotatable bonds is 5. The number of nitrogens with zero attached hydrogens (tertiary/aromatic N) is 2. The molecule has 0 bridgehead atoms. The van der Waals surface area contributed by atoms with Crippen molar-refractivity contribution in [2.24, 2.45) is 0 Å². The average Bonchev–Trinajstić information content (AvgIpc) is 2.86. The van der Waals surface area contributed by atoms with Crippen molar-refractivity contribution in [1.29, 1.82) is 0 Å². The summed E-state index contributed by atoms with van der Waals surface area (Å²) in [7, 11) is 0. The fourth-order valence-electron chi connectivity index (χ4n) is 1.95. The molecule has 0 aliphatic carbocycles. The Balaban J connectivity index is 2.04. The number of carbonyl (C=O) groups is 1. The summed E-state index contributed by atoms with van der Waals surface area (Å²) in [6.45, 7) is 4.10. The lowest BCUT2D eigenvalue weighted by atomic mass is 10.2. The SMILES string of the molecule is Cc1ccccc1-n1nccc1NC(=O)NCC[C@@H](C)O. The van der Waals surface area contributed by atoms with Gasteiger partial charge >= 0.3 is 6.03 Å². The van der Waals surface area contributed by atoms with E-state index in [1.54, 1.807) is 23.9 Å². The highest BCUT2D eigenvalue weighted by atomic mass is 16.3. The molecule has 0 aliphatic rings. The largest absolute Gasteiger partial charge is 0.393 e. The molecular weight excluding hydrogens is 268 g/mol. The maximum atomic E-state index is 11.8. The number of hydrogen-bond acceptors (Lipinski definition) is 3. The van der Waals surface area contributed by atoms with E-state index < -0.39 is 6.10 Å². The number of hydrogen-bond donors (Lipinski definition) is 3. The predicted octanol–water partition coefficient (Wildman–Crippen LogP) is 2.07. The molecule has 0 fully saturated rings. The van der Waals surface area contributed by atoms with Crippen molar-refractivity contribution in [3.63, 3.8) is 0 Å². The lowest BCUT2D eigenvalue weighted by Crippen LogP contribution is -2.31. The van der Waals surface area contributed by atoms with E-state index in [1.807, 2.05) is 31.2 Å². The van der Waals surface area contributed by atoms with Gasteiger partial charge in [-0.05, 0) is 31.9 Å². The first-order valence-corrected chi connectivity index (χ1v) is 6.91. The number of benzene rings is 1. The van der Waals surface area contributed by atoms with E-state index in [-0.39, 0.29) is 6.03 Å². The van der Waals surface area contributed by atoms with Crippen LogP contribution in [0, 0.1) is 6.92 Å². The number of aryl methyl sites for hydroxylation is 1. The monoisotopic (exact) mass is 288 g/mol. The molecule has 0 unspecified atom stereocenters. The molecule has 3 N–H and O–H groups in total. The van der Waals surface area contributed by atoms with Crippen LogP contribution >= 0.6 is 0 Å². The topological polar surface area (TPSA) is 79.2 Å². The van der Waals surface area contributed by atoms with Crippen LogP contribution in [0.5, 0.6) is 0 Å². The molecule has 1 atom stereocenters. The van der Waals surface area contributed by atoms with Gasteiger partial charge in [0.2, 0.25) is 0 Å². The summed E-state index contributed by atoms with van der Waals surface area (Å²) in [5, 5.41) is 18.9. The van der Waals surface area contributed by atoms with E-state index in [0.29, 0.717) is 18.8 Å². The molecule has 2 rings (SSSR count). The van der Waals surface area contributed by atoms with Crippen molar-refractivity contribution in [2.75, 3.05) is 11.9 Å². The summed E-state index contributed by atoms with van der Waals surface area (Å²) in [6, 6.07) is 9.24. The summed E-state index contributed by atoms with van der Waals surface area (Å²) < 4.78 is 1.68. The van der Waals surface area contributed by atoms with Gasteiger partial charge in [-0.3, -0.25) is 5.32 Å². The molecule has 6 heteroatoms. The molecule has 2 amide bonds. The summed E-state index contributed by atoms with van der Waals surface area (Å²) in [5.41, 5.74) is 1.99. The summed E-state index contributed by atoms with van der Waals surface area (Å²) in [4.78, 5) is 11.8. The molecule has 0 saturated carbocycles. The van der Waals surface area contributed by atoms with Crippen molar-refractivity contribution in [3.8, 4) is 5.69 Å². The van der Waals surface area contributed by atoms with E-state index in [4.69, 9.17) is 5.11 Å². The minimum atomic E-state index is -0.428. The van der Waals surface area contributed by atoms with Crippen LogP contribution in [0.25, 0.3) is 5.69 Å². The minimum absolute atomic E-state index is 0.314. The molecule has 1 aromatic carbocycles. The standard InChI is InChI=1S/C15H20N4O2/c1-11-5-3-4-6-13(11)19-14(8-10-17-19)18-15(21)16-9-7-12(2)20/h3-6,8,10,12,20H,7,9H2,1-2H3,(H2,16,18,21)/t12-/m1/s1. The maximum Gasteiger partial charge on any atom is 0.320 e. The normalized spacial score (nSPS) is 12.0. The van der Waals surface area contributed by atoms with Crippen molar-refractivity contribution < 1.29 is 9.90 Å². The van der Waals surface area contributed by atoms with Gasteiger partial charge in [0, 0.05) is 12.6 Å². The lowest BCUT2D eigenvalue weighted by molar-refractivity contribution is 0.184. The van der Waals surface area contributed by atoms with Crippen LogP contribution < -0.4 is 10.6 Å². The van der Waals surface area contributed by atoms with E-state index >= 15 is 0 Å². The van der Waals surface area contributed by atoms with Gasteiger partial charge in [0.15, 0.2) is 0 Å². The molecule has 1 heterocycles. The number of carbonyl (C=O) groups excluding carboxylic acids is 1. The van der Waals surface area contributed by atoms with Gasteiger partial charge in [-0.1, -0.05) is 18.2 Å². The molecule has 0 saturated heterocycles. The van der Waals surface area contributed by atoms with Gasteiger partial charge in [-0.2, -0.15) is 5.10 Å². The predicted molar refractivity (Wildman–Crippen MR) is 81.6 cm³/mol. The van der Waals surface area contributed by atoms with Gasteiger partial charge in [-0.25, -0.2) is 9.48 Å². The molecule has 6 nitrogen and oxygen atoms in total. The molecule has 112 valence electrons. The van der Waals surface area contributed by atoms with Gasteiger partial charge < -0.3 is 10.4 Å². The van der Waals surface area contributed by atoms with Crippen molar-refractivity contribution in [2.45, 2.75) is 26.4 Å². The number of aromatic nitrogens is 2. The lowest BCUT2D eigenvalue weighted by Gasteiger charge is -2.12. The van der Waals surface area contributed by atoms with Crippen LogP contribution in [0.4, 0.5) is 10.6 Å². The van der Waals surface area contributed by atoms with Gasteiger partial charge in [0.25, 0.3) is 0 Å². The van der Waals surface area contributed by atoms with E-state index in [9.17, 15) is 4.79 Å². The Morgan fingerprint density at radius 2 is 2.14 bits per heavy atom. The van der Waals surface area contributed by atoms with E-state index in [2.05, 4.69) is 15.7 Å². The number of urea groups is 1. The highest BCUT2D eigenvalue weighted by molar-refractivity contribution is 5.88. The number of aliphatic hydroxyl groups excluding tert-OH is 1. The molecule has 0 aliphatic heterocycles. The van der Waals surface area contributed by atoms with Crippen LogP contribution in [-0.2, 0) is 0 Å². The third kappa shape index (κ3) is 4.06. The molecule has 0 spiro atoms. The third-order valence-electron chi connectivity index (χ3n) is 3.08. The highest BCUT2D eigenvalue weighted by Crippen LogP contribution is 2.17. The van der Waals surface area contributed by atoms with E-state index in [0.717, 1.165) is 11.3 Å². The van der Waals surface area contributed by atoms with Crippen LogP contribution in [0.3, 0.4) is 0 Å². The fourth-order valence-corrected chi connectivity index (χ4v) is 1.95. The highest BCUT2D eigenvalue weighted by Gasteiger charge is 2.10. The van der Waals surface area contributed by atoms with Crippen molar-refractivity contribution in [3.05, 3.63) is 42.1 Å². The molecule has 21 heavy (non-hydrogen) atoms. The number of amides is 2. The minimum Gasteiger partial charge on any atom is -0.393 e.